The molecule has 5 nitrogen and oxygen atoms in total. The summed E-state index contributed by atoms with van der Waals surface area (Å²) in [5.74, 6) is -1.03. The molecule has 0 atom stereocenters. The van der Waals surface area contributed by atoms with Gasteiger partial charge in [0.05, 0.1) is 16.1 Å². The highest BCUT2D eigenvalue weighted by molar-refractivity contribution is 7.99. The number of carbonyl (C=O) groups is 1. The number of hydrogen-bond donors (Lipinski definition) is 1. The maximum absolute atomic E-state index is 10.9. The Labute approximate surface area is 117 Å². The van der Waals surface area contributed by atoms with Crippen LogP contribution in [0.2, 0.25) is 5.02 Å². The van der Waals surface area contributed by atoms with E-state index in [1.807, 2.05) is 6.07 Å². The molecule has 0 saturated heterocycles. The molecule has 2 rings (SSSR count). The van der Waals surface area contributed by atoms with E-state index in [4.69, 9.17) is 22.0 Å². The van der Waals surface area contributed by atoms with Gasteiger partial charge >= 0.3 is 5.97 Å². The lowest BCUT2D eigenvalue weighted by Crippen LogP contribution is -1.97. The van der Waals surface area contributed by atoms with Crippen LogP contribution >= 0.6 is 23.4 Å². The van der Waals surface area contributed by atoms with Crippen LogP contribution < -0.4 is 0 Å². The van der Waals surface area contributed by atoms with Gasteiger partial charge in [0.2, 0.25) is 0 Å². The zero-order chi connectivity index (χ0) is 13.8. The largest absolute Gasteiger partial charge is 0.478 e. The van der Waals surface area contributed by atoms with Gasteiger partial charge in [-0.1, -0.05) is 11.6 Å². The fourth-order valence-electron chi connectivity index (χ4n) is 1.28. The number of nitriles is 1. The summed E-state index contributed by atoms with van der Waals surface area (Å²) < 4.78 is 0. The fraction of sp³-hybridized carbons (Fsp3) is 0. The molecule has 0 aliphatic heterocycles. The van der Waals surface area contributed by atoms with E-state index in [-0.39, 0.29) is 10.6 Å². The van der Waals surface area contributed by atoms with Crippen molar-refractivity contribution in [2.75, 3.05) is 0 Å². The molecule has 0 saturated carbocycles. The number of halogens is 1. The Balaban J connectivity index is 2.34. The molecule has 19 heavy (non-hydrogen) atoms. The maximum Gasteiger partial charge on any atom is 0.335 e. The van der Waals surface area contributed by atoms with E-state index in [0.717, 1.165) is 11.8 Å². The zero-order valence-corrected chi connectivity index (χ0v) is 10.9. The van der Waals surface area contributed by atoms with Crippen molar-refractivity contribution >= 4 is 29.3 Å². The van der Waals surface area contributed by atoms with E-state index in [9.17, 15) is 4.79 Å². The van der Waals surface area contributed by atoms with E-state index in [2.05, 4.69) is 9.97 Å². The third-order valence-electron chi connectivity index (χ3n) is 2.16. The second kappa shape index (κ2) is 5.69. The molecule has 1 N–H and O–H groups in total. The molecule has 2 heterocycles. The lowest BCUT2D eigenvalue weighted by Gasteiger charge is -2.04. The number of pyridine rings is 2. The predicted molar refractivity (Wildman–Crippen MR) is 69.3 cm³/mol. The summed E-state index contributed by atoms with van der Waals surface area (Å²) in [6.07, 6.45) is 2.86. The minimum atomic E-state index is -1.03. The lowest BCUT2D eigenvalue weighted by molar-refractivity contribution is 0.0696. The van der Waals surface area contributed by atoms with Crippen molar-refractivity contribution in [1.82, 2.24) is 9.97 Å². The number of nitrogens with zero attached hydrogens (tertiary/aromatic N) is 3. The van der Waals surface area contributed by atoms with Crippen LogP contribution in [0.25, 0.3) is 0 Å². The molecule has 0 radical (unpaired) electrons. The summed E-state index contributed by atoms with van der Waals surface area (Å²) in [7, 11) is 0. The van der Waals surface area contributed by atoms with Crippen molar-refractivity contribution in [2.45, 2.75) is 10.1 Å². The van der Waals surface area contributed by atoms with Crippen LogP contribution in [0.5, 0.6) is 0 Å². The van der Waals surface area contributed by atoms with Crippen LogP contribution in [0.4, 0.5) is 0 Å². The smallest absolute Gasteiger partial charge is 0.335 e. The molecule has 0 amide bonds. The number of rotatable bonds is 3. The molecular weight excluding hydrogens is 286 g/mol. The second-order valence-electron chi connectivity index (χ2n) is 3.38. The van der Waals surface area contributed by atoms with Crippen molar-refractivity contribution in [1.29, 1.82) is 5.26 Å². The van der Waals surface area contributed by atoms with Gasteiger partial charge in [0.25, 0.3) is 0 Å². The summed E-state index contributed by atoms with van der Waals surface area (Å²) in [5.41, 5.74) is 0.443. The molecule has 0 unspecified atom stereocenters. The van der Waals surface area contributed by atoms with E-state index in [1.165, 1.54) is 30.6 Å². The molecule has 7 heteroatoms. The fourth-order valence-corrected chi connectivity index (χ4v) is 2.36. The number of hydrogen-bond acceptors (Lipinski definition) is 5. The minimum absolute atomic E-state index is 0.130. The zero-order valence-electron chi connectivity index (χ0n) is 9.37. The van der Waals surface area contributed by atoms with Gasteiger partial charge in [-0.05, 0) is 30.0 Å². The van der Waals surface area contributed by atoms with E-state index < -0.39 is 5.97 Å². The molecule has 2 aromatic rings. The molecule has 2 aromatic heterocycles. The third-order valence-corrected chi connectivity index (χ3v) is 3.59. The highest BCUT2D eigenvalue weighted by atomic mass is 35.5. The standard InChI is InChI=1S/C12H6ClN3O2S/c13-10-8(6-14)2-4-16-11(10)19-9-5-7(12(17)18)1-3-15-9/h1-5H,(H,17,18). The van der Waals surface area contributed by atoms with Gasteiger partial charge in [0, 0.05) is 12.4 Å². The van der Waals surface area contributed by atoms with Crippen LogP contribution in [0.3, 0.4) is 0 Å². The Hall–Kier alpha value is -2.10. The van der Waals surface area contributed by atoms with E-state index in [1.54, 1.807) is 0 Å². The van der Waals surface area contributed by atoms with E-state index >= 15 is 0 Å². The number of aromatic nitrogens is 2. The second-order valence-corrected chi connectivity index (χ2v) is 4.77. The van der Waals surface area contributed by atoms with Crippen molar-refractivity contribution in [3.05, 3.63) is 46.7 Å². The molecule has 0 spiro atoms. The van der Waals surface area contributed by atoms with Gasteiger partial charge in [-0.15, -0.1) is 0 Å². The Bertz CT molecular complexity index is 685. The van der Waals surface area contributed by atoms with Gasteiger partial charge in [-0.25, -0.2) is 14.8 Å². The van der Waals surface area contributed by atoms with Crippen LogP contribution in [-0.4, -0.2) is 21.0 Å². The highest BCUT2D eigenvalue weighted by Crippen LogP contribution is 2.32. The number of carboxylic acids is 1. The SMILES string of the molecule is N#Cc1ccnc(Sc2cc(C(=O)O)ccn2)c1Cl. The molecular formula is C12H6ClN3O2S. The summed E-state index contributed by atoms with van der Waals surface area (Å²) in [6.45, 7) is 0. The maximum atomic E-state index is 10.9. The molecule has 0 aromatic carbocycles. The average Bonchev–Trinajstić information content (AvgIpc) is 2.41. The Morgan fingerprint density at radius 3 is 2.79 bits per heavy atom. The molecule has 0 aliphatic carbocycles. The van der Waals surface area contributed by atoms with Crippen LogP contribution in [-0.2, 0) is 0 Å². The van der Waals surface area contributed by atoms with Crippen LogP contribution in [0.15, 0.2) is 40.6 Å². The van der Waals surface area contributed by atoms with Gasteiger partial charge < -0.3 is 5.11 Å². The van der Waals surface area contributed by atoms with Crippen molar-refractivity contribution < 1.29 is 9.90 Å². The van der Waals surface area contributed by atoms with E-state index in [0.29, 0.717) is 15.6 Å². The molecule has 94 valence electrons. The Morgan fingerprint density at radius 2 is 2.11 bits per heavy atom. The van der Waals surface area contributed by atoms with Crippen LogP contribution in [0, 0.1) is 11.3 Å². The van der Waals surface area contributed by atoms with Gasteiger partial charge in [-0.3, -0.25) is 0 Å². The van der Waals surface area contributed by atoms with Crippen molar-refractivity contribution in [3.8, 4) is 6.07 Å². The summed E-state index contributed by atoms with van der Waals surface area (Å²) in [6, 6.07) is 6.28. The Morgan fingerprint density at radius 1 is 1.37 bits per heavy atom. The molecule has 0 fully saturated rings. The third kappa shape index (κ3) is 3.02. The first-order valence-corrected chi connectivity index (χ1v) is 6.23. The first-order valence-electron chi connectivity index (χ1n) is 5.03. The normalized spacial score (nSPS) is 9.89. The summed E-state index contributed by atoms with van der Waals surface area (Å²) in [4.78, 5) is 18.9. The van der Waals surface area contributed by atoms with Crippen molar-refractivity contribution in [2.24, 2.45) is 0 Å². The molecule has 0 bridgehead atoms. The number of carboxylic acid groups (broad SMARTS) is 1. The van der Waals surface area contributed by atoms with Gasteiger partial charge in [-0.2, -0.15) is 5.26 Å². The lowest BCUT2D eigenvalue weighted by atomic mass is 10.3. The monoisotopic (exact) mass is 291 g/mol. The quantitative estimate of drug-likeness (QED) is 0.935. The summed E-state index contributed by atoms with van der Waals surface area (Å²) in [5, 5.41) is 18.8. The predicted octanol–water partition coefficient (Wildman–Crippen LogP) is 2.85. The number of aromatic carboxylic acids is 1. The minimum Gasteiger partial charge on any atom is -0.478 e. The van der Waals surface area contributed by atoms with Gasteiger partial charge in [0.1, 0.15) is 16.1 Å². The Kier molecular flexibility index (Phi) is 4.00. The molecule has 0 aliphatic rings. The first kappa shape index (κ1) is 13.3. The first-order chi connectivity index (χ1) is 9.11. The average molecular weight is 292 g/mol. The van der Waals surface area contributed by atoms with Crippen molar-refractivity contribution in [3.63, 3.8) is 0 Å². The topological polar surface area (TPSA) is 86.9 Å². The van der Waals surface area contributed by atoms with Gasteiger partial charge in [0.15, 0.2) is 0 Å². The highest BCUT2D eigenvalue weighted by Gasteiger charge is 2.11. The van der Waals surface area contributed by atoms with Crippen LogP contribution in [0.1, 0.15) is 15.9 Å². The summed E-state index contributed by atoms with van der Waals surface area (Å²) >= 11 is 7.12.